The lowest BCUT2D eigenvalue weighted by Crippen LogP contribution is -2.36. The normalized spacial score (nSPS) is 17.1. The molecule has 1 saturated heterocycles. The Morgan fingerprint density at radius 3 is 2.80 bits per heavy atom. The van der Waals surface area contributed by atoms with Crippen LogP contribution >= 0.6 is 0 Å². The number of likely N-dealkylation sites (tertiary alicyclic amines) is 1. The molecule has 1 aromatic carbocycles. The average Bonchev–Trinajstić information content (AvgIpc) is 3.15. The number of hydrogen-bond acceptors (Lipinski definition) is 4. The van der Waals surface area contributed by atoms with Crippen molar-refractivity contribution in [3.8, 4) is 0 Å². The summed E-state index contributed by atoms with van der Waals surface area (Å²) < 4.78 is 1.39. The maximum Gasteiger partial charge on any atom is 0.261 e. The second-order valence-corrected chi connectivity index (χ2v) is 6.19. The first-order valence-corrected chi connectivity index (χ1v) is 8.38. The van der Waals surface area contributed by atoms with Crippen molar-refractivity contribution in [3.05, 3.63) is 71.0 Å². The van der Waals surface area contributed by atoms with Crippen molar-refractivity contribution in [2.45, 2.75) is 25.4 Å². The van der Waals surface area contributed by atoms with E-state index < -0.39 is 0 Å². The topological polar surface area (TPSA) is 68.1 Å². The van der Waals surface area contributed by atoms with Gasteiger partial charge >= 0.3 is 0 Å². The molecule has 0 bridgehead atoms. The molecular weight excluding hydrogens is 316 g/mol. The molecule has 0 N–H and O–H groups in total. The third kappa shape index (κ3) is 2.91. The molecule has 25 heavy (non-hydrogen) atoms. The second kappa shape index (κ2) is 6.47. The molecule has 126 valence electrons. The smallest absolute Gasteiger partial charge is 0.261 e. The fourth-order valence-electron chi connectivity index (χ4n) is 3.40. The molecule has 0 aliphatic carbocycles. The Labute approximate surface area is 144 Å². The second-order valence-electron chi connectivity index (χ2n) is 6.19. The molecule has 4 rings (SSSR count). The predicted octanol–water partition coefficient (Wildman–Crippen LogP) is 2.16. The Bertz CT molecular complexity index is 968. The molecule has 1 aliphatic rings. The highest BCUT2D eigenvalue weighted by Crippen LogP contribution is 2.30. The highest BCUT2D eigenvalue weighted by Gasteiger charge is 2.30. The number of nitrogens with zero attached hydrogens (tertiary/aromatic N) is 4. The number of amides is 1. The van der Waals surface area contributed by atoms with E-state index in [9.17, 15) is 9.59 Å². The first kappa shape index (κ1) is 15.5. The summed E-state index contributed by atoms with van der Waals surface area (Å²) in [5.41, 5.74) is 1.36. The van der Waals surface area contributed by atoms with Crippen molar-refractivity contribution in [1.29, 1.82) is 0 Å². The first-order valence-electron chi connectivity index (χ1n) is 8.38. The standard InChI is InChI=1S/C19H18N4O2/c24-18(23-11-5-9-17(23)16-8-3-4-10-20-16)12-22-13-21-15-7-2-1-6-14(15)19(22)25/h1-4,6-8,10,13,17H,5,9,11-12H2/t17-/m1/s1. The Balaban J connectivity index is 1.60. The zero-order valence-electron chi connectivity index (χ0n) is 13.7. The van der Waals surface area contributed by atoms with E-state index in [0.29, 0.717) is 17.4 Å². The Morgan fingerprint density at radius 2 is 1.96 bits per heavy atom. The quantitative estimate of drug-likeness (QED) is 0.736. The van der Waals surface area contributed by atoms with E-state index in [4.69, 9.17) is 0 Å². The zero-order valence-corrected chi connectivity index (χ0v) is 13.7. The summed E-state index contributed by atoms with van der Waals surface area (Å²) in [6, 6.07) is 12.9. The number of carbonyl (C=O) groups is 1. The molecule has 0 spiro atoms. The molecule has 1 amide bonds. The SMILES string of the molecule is O=C(Cn1cnc2ccccc2c1=O)N1CCC[C@@H]1c1ccccn1. The lowest BCUT2D eigenvalue weighted by molar-refractivity contribution is -0.132. The molecule has 6 heteroatoms. The molecular formula is C19H18N4O2. The summed E-state index contributed by atoms with van der Waals surface area (Å²) in [5.74, 6) is -0.0765. The number of para-hydroxylation sites is 1. The first-order chi connectivity index (χ1) is 12.2. The van der Waals surface area contributed by atoms with Gasteiger partial charge in [0, 0.05) is 12.7 Å². The molecule has 3 heterocycles. The van der Waals surface area contributed by atoms with Gasteiger partial charge in [0.05, 0.1) is 29.0 Å². The molecule has 0 unspecified atom stereocenters. The molecule has 0 saturated carbocycles. The number of aromatic nitrogens is 3. The van der Waals surface area contributed by atoms with Crippen LogP contribution in [0.2, 0.25) is 0 Å². The average molecular weight is 334 g/mol. The van der Waals surface area contributed by atoms with Gasteiger partial charge < -0.3 is 4.90 Å². The number of fused-ring (bicyclic) bond motifs is 1. The van der Waals surface area contributed by atoms with Gasteiger partial charge in [-0.15, -0.1) is 0 Å². The van der Waals surface area contributed by atoms with Crippen LogP contribution in [-0.2, 0) is 11.3 Å². The largest absolute Gasteiger partial charge is 0.333 e. The van der Waals surface area contributed by atoms with Crippen LogP contribution in [0.15, 0.2) is 59.8 Å². The fraction of sp³-hybridized carbons (Fsp3) is 0.263. The number of hydrogen-bond donors (Lipinski definition) is 0. The van der Waals surface area contributed by atoms with Crippen LogP contribution in [0.3, 0.4) is 0 Å². The third-order valence-corrected chi connectivity index (χ3v) is 4.64. The van der Waals surface area contributed by atoms with Gasteiger partial charge in [-0.05, 0) is 37.1 Å². The summed E-state index contributed by atoms with van der Waals surface area (Å²) in [5, 5.41) is 0.528. The van der Waals surface area contributed by atoms with Crippen LogP contribution in [0, 0.1) is 0 Å². The van der Waals surface area contributed by atoms with Gasteiger partial charge in [-0.1, -0.05) is 18.2 Å². The Morgan fingerprint density at radius 1 is 1.12 bits per heavy atom. The van der Waals surface area contributed by atoms with Crippen molar-refractivity contribution < 1.29 is 4.79 Å². The van der Waals surface area contributed by atoms with Crippen LogP contribution in [0.4, 0.5) is 0 Å². The van der Waals surface area contributed by atoms with E-state index in [-0.39, 0.29) is 24.1 Å². The van der Waals surface area contributed by atoms with E-state index in [1.807, 2.05) is 29.2 Å². The highest BCUT2D eigenvalue weighted by molar-refractivity contribution is 5.79. The maximum absolute atomic E-state index is 12.8. The van der Waals surface area contributed by atoms with Crippen molar-refractivity contribution in [2.75, 3.05) is 6.54 Å². The third-order valence-electron chi connectivity index (χ3n) is 4.64. The lowest BCUT2D eigenvalue weighted by atomic mass is 10.1. The summed E-state index contributed by atoms with van der Waals surface area (Å²) in [6.07, 6.45) is 5.04. The van der Waals surface area contributed by atoms with Crippen molar-refractivity contribution in [3.63, 3.8) is 0 Å². The van der Waals surface area contributed by atoms with Gasteiger partial charge in [-0.25, -0.2) is 4.98 Å². The van der Waals surface area contributed by atoms with Gasteiger partial charge in [0.25, 0.3) is 5.56 Å². The Hall–Kier alpha value is -3.02. The lowest BCUT2D eigenvalue weighted by Gasteiger charge is -2.24. The van der Waals surface area contributed by atoms with Gasteiger partial charge in [0.2, 0.25) is 5.91 Å². The molecule has 1 aliphatic heterocycles. The van der Waals surface area contributed by atoms with E-state index in [1.165, 1.54) is 10.9 Å². The van der Waals surface area contributed by atoms with Crippen LogP contribution in [-0.4, -0.2) is 31.9 Å². The minimum atomic E-state index is -0.187. The van der Waals surface area contributed by atoms with E-state index in [2.05, 4.69) is 9.97 Å². The minimum Gasteiger partial charge on any atom is -0.333 e. The maximum atomic E-state index is 12.8. The summed E-state index contributed by atoms with van der Waals surface area (Å²) in [6.45, 7) is 0.690. The summed E-state index contributed by atoms with van der Waals surface area (Å²) in [4.78, 5) is 35.9. The van der Waals surface area contributed by atoms with E-state index in [1.54, 1.807) is 24.4 Å². The monoisotopic (exact) mass is 334 g/mol. The van der Waals surface area contributed by atoms with Crippen molar-refractivity contribution >= 4 is 16.8 Å². The molecule has 2 aromatic heterocycles. The number of carbonyl (C=O) groups excluding carboxylic acids is 1. The van der Waals surface area contributed by atoms with Crippen LogP contribution in [0.25, 0.3) is 10.9 Å². The van der Waals surface area contributed by atoms with Crippen molar-refractivity contribution in [1.82, 2.24) is 19.4 Å². The molecule has 3 aromatic rings. The van der Waals surface area contributed by atoms with E-state index >= 15 is 0 Å². The van der Waals surface area contributed by atoms with E-state index in [0.717, 1.165) is 18.5 Å². The molecule has 1 atom stereocenters. The fourth-order valence-corrected chi connectivity index (χ4v) is 3.40. The highest BCUT2D eigenvalue weighted by atomic mass is 16.2. The van der Waals surface area contributed by atoms with Gasteiger partial charge in [0.15, 0.2) is 0 Å². The van der Waals surface area contributed by atoms with Crippen LogP contribution in [0.5, 0.6) is 0 Å². The molecule has 6 nitrogen and oxygen atoms in total. The van der Waals surface area contributed by atoms with Gasteiger partial charge in [0.1, 0.15) is 6.54 Å². The Kier molecular flexibility index (Phi) is 4.01. The van der Waals surface area contributed by atoms with Gasteiger partial charge in [-0.2, -0.15) is 0 Å². The summed E-state index contributed by atoms with van der Waals surface area (Å²) >= 11 is 0. The molecule has 0 radical (unpaired) electrons. The molecule has 1 fully saturated rings. The van der Waals surface area contributed by atoms with Crippen LogP contribution in [0.1, 0.15) is 24.6 Å². The van der Waals surface area contributed by atoms with Crippen LogP contribution < -0.4 is 5.56 Å². The minimum absolute atomic E-state index is 0.00000118. The predicted molar refractivity (Wildman–Crippen MR) is 93.9 cm³/mol. The number of pyridine rings is 1. The van der Waals surface area contributed by atoms with Gasteiger partial charge in [-0.3, -0.25) is 19.1 Å². The number of rotatable bonds is 3. The summed E-state index contributed by atoms with van der Waals surface area (Å²) in [7, 11) is 0. The number of benzene rings is 1. The van der Waals surface area contributed by atoms with Crippen molar-refractivity contribution in [2.24, 2.45) is 0 Å². The zero-order chi connectivity index (χ0) is 17.2.